The number of ether oxygens (including phenoxy) is 1. The van der Waals surface area contributed by atoms with E-state index in [4.69, 9.17) is 0 Å². The predicted molar refractivity (Wildman–Crippen MR) is 49.6 cm³/mol. The number of amides is 2. The van der Waals surface area contributed by atoms with Crippen LogP contribution in [-0.4, -0.2) is 36.3 Å². The molecule has 5 heteroatoms. The Morgan fingerprint density at radius 1 is 1.40 bits per heavy atom. The molecule has 0 N–H and O–H groups in total. The van der Waals surface area contributed by atoms with Crippen LogP contribution in [0.5, 0.6) is 0 Å². The predicted octanol–water partition coefficient (Wildman–Crippen LogP) is -0.0555. The van der Waals surface area contributed by atoms with E-state index in [9.17, 15) is 14.4 Å². The molecule has 2 atom stereocenters. The van der Waals surface area contributed by atoms with Gasteiger partial charge in [-0.15, -0.1) is 0 Å². The maximum atomic E-state index is 11.5. The molecule has 2 fully saturated rings. The van der Waals surface area contributed by atoms with Gasteiger partial charge in [0, 0.05) is 13.0 Å². The van der Waals surface area contributed by atoms with Gasteiger partial charge < -0.3 is 4.74 Å². The van der Waals surface area contributed by atoms with E-state index in [-0.39, 0.29) is 36.0 Å². The van der Waals surface area contributed by atoms with Crippen LogP contribution in [0.3, 0.4) is 0 Å². The van der Waals surface area contributed by atoms with Gasteiger partial charge in [-0.25, -0.2) is 0 Å². The quantitative estimate of drug-likeness (QED) is 0.483. The van der Waals surface area contributed by atoms with Crippen molar-refractivity contribution in [3.63, 3.8) is 0 Å². The standard InChI is InChI=1S/C10H13NO4/c1-15-8(12)3-2-4-11-9(13)6-5-7(6)10(11)14/h6-7H,2-5H2,1H3. The van der Waals surface area contributed by atoms with E-state index in [1.165, 1.54) is 12.0 Å². The molecule has 2 aliphatic rings. The molecule has 2 rings (SSSR count). The number of nitrogens with zero attached hydrogens (tertiary/aromatic N) is 1. The van der Waals surface area contributed by atoms with Crippen LogP contribution in [0.25, 0.3) is 0 Å². The van der Waals surface area contributed by atoms with E-state index in [2.05, 4.69) is 4.74 Å². The largest absolute Gasteiger partial charge is 0.469 e. The van der Waals surface area contributed by atoms with E-state index < -0.39 is 0 Å². The Kier molecular flexibility index (Phi) is 2.46. The number of likely N-dealkylation sites (tertiary alicyclic amines) is 1. The molecule has 82 valence electrons. The first kappa shape index (κ1) is 10.1. The molecule has 2 unspecified atom stereocenters. The zero-order chi connectivity index (χ0) is 11.0. The third-order valence-electron chi connectivity index (χ3n) is 2.95. The highest BCUT2D eigenvalue weighted by Crippen LogP contribution is 2.46. The number of carbonyl (C=O) groups is 3. The molecule has 0 radical (unpaired) electrons. The molecule has 0 spiro atoms. The number of esters is 1. The van der Waals surface area contributed by atoms with E-state index >= 15 is 0 Å². The summed E-state index contributed by atoms with van der Waals surface area (Å²) in [5, 5.41) is 0. The summed E-state index contributed by atoms with van der Waals surface area (Å²) in [6.45, 7) is 0.347. The van der Waals surface area contributed by atoms with Gasteiger partial charge in [0.15, 0.2) is 0 Å². The molecule has 1 heterocycles. The molecule has 0 aromatic heterocycles. The fourth-order valence-corrected chi connectivity index (χ4v) is 1.95. The summed E-state index contributed by atoms with van der Waals surface area (Å²) >= 11 is 0. The summed E-state index contributed by atoms with van der Waals surface area (Å²) in [7, 11) is 1.32. The van der Waals surface area contributed by atoms with Crippen molar-refractivity contribution in [3.05, 3.63) is 0 Å². The van der Waals surface area contributed by atoms with Crippen molar-refractivity contribution in [2.75, 3.05) is 13.7 Å². The summed E-state index contributed by atoms with van der Waals surface area (Å²) in [6, 6.07) is 0. The zero-order valence-corrected chi connectivity index (χ0v) is 8.56. The van der Waals surface area contributed by atoms with Crippen molar-refractivity contribution in [1.29, 1.82) is 0 Å². The van der Waals surface area contributed by atoms with Crippen molar-refractivity contribution < 1.29 is 19.1 Å². The highest BCUT2D eigenvalue weighted by Gasteiger charge is 2.58. The normalized spacial score (nSPS) is 27.9. The molecule has 1 aliphatic heterocycles. The van der Waals surface area contributed by atoms with Crippen LogP contribution in [0, 0.1) is 11.8 Å². The summed E-state index contributed by atoms with van der Waals surface area (Å²) < 4.78 is 4.47. The Labute approximate surface area is 87.4 Å². The Hall–Kier alpha value is -1.39. The van der Waals surface area contributed by atoms with Gasteiger partial charge in [0.05, 0.1) is 18.9 Å². The smallest absolute Gasteiger partial charge is 0.305 e. The summed E-state index contributed by atoms with van der Waals surface area (Å²) in [5.74, 6) is -0.518. The molecule has 5 nitrogen and oxygen atoms in total. The van der Waals surface area contributed by atoms with Crippen LogP contribution in [0.1, 0.15) is 19.3 Å². The first-order valence-corrected chi connectivity index (χ1v) is 5.07. The van der Waals surface area contributed by atoms with E-state index in [1.807, 2.05) is 0 Å². The number of rotatable bonds is 4. The molecule has 0 aromatic rings. The number of imide groups is 1. The van der Waals surface area contributed by atoms with Crippen molar-refractivity contribution in [2.24, 2.45) is 11.8 Å². The maximum absolute atomic E-state index is 11.5. The lowest BCUT2D eigenvalue weighted by molar-refractivity contribution is -0.144. The van der Waals surface area contributed by atoms with Gasteiger partial charge in [-0.3, -0.25) is 19.3 Å². The molecule has 0 bridgehead atoms. The summed E-state index contributed by atoms with van der Waals surface area (Å²) in [5.41, 5.74) is 0. The first-order valence-electron chi connectivity index (χ1n) is 5.07. The molecular formula is C10H13NO4. The number of fused-ring (bicyclic) bond motifs is 1. The van der Waals surface area contributed by atoms with Gasteiger partial charge in [0.1, 0.15) is 0 Å². The Morgan fingerprint density at radius 2 is 2.00 bits per heavy atom. The molecule has 1 aliphatic carbocycles. The maximum Gasteiger partial charge on any atom is 0.305 e. The monoisotopic (exact) mass is 211 g/mol. The average Bonchev–Trinajstić information content (AvgIpc) is 2.97. The van der Waals surface area contributed by atoms with Gasteiger partial charge in [-0.2, -0.15) is 0 Å². The van der Waals surface area contributed by atoms with Gasteiger partial charge >= 0.3 is 5.97 Å². The van der Waals surface area contributed by atoms with Crippen LogP contribution >= 0.6 is 0 Å². The highest BCUT2D eigenvalue weighted by atomic mass is 16.5. The molecular weight excluding hydrogens is 198 g/mol. The lowest BCUT2D eigenvalue weighted by Crippen LogP contribution is -2.34. The fourth-order valence-electron chi connectivity index (χ4n) is 1.95. The molecule has 0 aromatic carbocycles. The number of hydrogen-bond donors (Lipinski definition) is 0. The second kappa shape index (κ2) is 3.64. The van der Waals surface area contributed by atoms with Crippen LogP contribution in [-0.2, 0) is 19.1 Å². The average molecular weight is 211 g/mol. The van der Waals surface area contributed by atoms with Crippen LogP contribution in [0.4, 0.5) is 0 Å². The first-order chi connectivity index (χ1) is 7.15. The Morgan fingerprint density at radius 3 is 2.53 bits per heavy atom. The van der Waals surface area contributed by atoms with Crippen molar-refractivity contribution >= 4 is 17.8 Å². The lowest BCUT2D eigenvalue weighted by atomic mass is 10.3. The van der Waals surface area contributed by atoms with Crippen molar-refractivity contribution in [2.45, 2.75) is 19.3 Å². The number of piperidine rings is 1. The van der Waals surface area contributed by atoms with Gasteiger partial charge in [0.2, 0.25) is 11.8 Å². The summed E-state index contributed by atoms with van der Waals surface area (Å²) in [4.78, 5) is 35.1. The molecule has 1 saturated carbocycles. The van der Waals surface area contributed by atoms with Crippen LogP contribution in [0.15, 0.2) is 0 Å². The zero-order valence-electron chi connectivity index (χ0n) is 8.56. The molecule has 15 heavy (non-hydrogen) atoms. The second-order valence-electron chi connectivity index (χ2n) is 3.96. The highest BCUT2D eigenvalue weighted by molar-refractivity contribution is 6.08. The van der Waals surface area contributed by atoms with Gasteiger partial charge in [0.25, 0.3) is 0 Å². The van der Waals surface area contributed by atoms with E-state index in [1.54, 1.807) is 0 Å². The SMILES string of the molecule is COC(=O)CCCN1C(=O)C2CC2C1=O. The van der Waals surface area contributed by atoms with Crippen LogP contribution in [0.2, 0.25) is 0 Å². The Balaban J connectivity index is 1.78. The lowest BCUT2D eigenvalue weighted by Gasteiger charge is -2.15. The Bertz CT molecular complexity index is 305. The second-order valence-corrected chi connectivity index (χ2v) is 3.96. The minimum absolute atomic E-state index is 0.0457. The third-order valence-corrected chi connectivity index (χ3v) is 2.95. The topological polar surface area (TPSA) is 63.7 Å². The van der Waals surface area contributed by atoms with E-state index in [0.29, 0.717) is 13.0 Å². The van der Waals surface area contributed by atoms with Crippen LogP contribution < -0.4 is 0 Å². The number of methoxy groups -OCH3 is 1. The molecule has 1 saturated heterocycles. The molecule has 2 amide bonds. The number of hydrogen-bond acceptors (Lipinski definition) is 4. The fraction of sp³-hybridized carbons (Fsp3) is 0.700. The van der Waals surface area contributed by atoms with Gasteiger partial charge in [-0.1, -0.05) is 0 Å². The summed E-state index contributed by atoms with van der Waals surface area (Å²) in [6.07, 6.45) is 1.47. The number of carbonyl (C=O) groups excluding carboxylic acids is 3. The third kappa shape index (κ3) is 1.73. The van der Waals surface area contributed by atoms with E-state index in [0.717, 1.165) is 6.42 Å². The van der Waals surface area contributed by atoms with Gasteiger partial charge in [-0.05, 0) is 12.8 Å². The minimum atomic E-state index is -0.306. The van der Waals surface area contributed by atoms with Crippen molar-refractivity contribution in [1.82, 2.24) is 4.90 Å². The van der Waals surface area contributed by atoms with Crippen molar-refractivity contribution in [3.8, 4) is 0 Å². The minimum Gasteiger partial charge on any atom is -0.469 e.